The minimum Gasteiger partial charge on any atom is -0.486 e. The molecule has 0 aromatic heterocycles. The first kappa shape index (κ1) is 14.7. The normalized spacial score (nSPS) is 17.6. The molecule has 0 aliphatic carbocycles. The third-order valence-corrected chi connectivity index (χ3v) is 3.81. The van der Waals surface area contributed by atoms with Gasteiger partial charge in [0.25, 0.3) is 5.91 Å². The van der Waals surface area contributed by atoms with Crippen molar-refractivity contribution in [3.05, 3.63) is 59.1 Å². The number of fused-ring (bicyclic) bond motifs is 1. The van der Waals surface area contributed by atoms with E-state index in [2.05, 4.69) is 5.32 Å². The molecule has 1 heterocycles. The van der Waals surface area contributed by atoms with Gasteiger partial charge >= 0.3 is 0 Å². The maximum absolute atomic E-state index is 12.2. The van der Waals surface area contributed by atoms with Crippen LogP contribution in [0.3, 0.4) is 0 Å². The second kappa shape index (κ2) is 6.28. The van der Waals surface area contributed by atoms with Crippen molar-refractivity contribution in [2.24, 2.45) is 0 Å². The first-order valence-electron chi connectivity index (χ1n) is 7.08. The molecule has 0 saturated heterocycles. The summed E-state index contributed by atoms with van der Waals surface area (Å²) in [5.74, 6) is 1.27. The van der Waals surface area contributed by atoms with E-state index < -0.39 is 0 Å². The van der Waals surface area contributed by atoms with Gasteiger partial charge in [-0.3, -0.25) is 4.79 Å². The van der Waals surface area contributed by atoms with Gasteiger partial charge in [0, 0.05) is 10.6 Å². The van der Waals surface area contributed by atoms with Gasteiger partial charge < -0.3 is 14.8 Å². The lowest BCUT2D eigenvalue weighted by molar-refractivity contribution is 0.0606. The molecule has 1 amide bonds. The van der Waals surface area contributed by atoms with Crippen LogP contribution < -0.4 is 14.8 Å². The highest BCUT2D eigenvalue weighted by molar-refractivity contribution is 6.30. The Hall–Kier alpha value is -2.20. The van der Waals surface area contributed by atoms with E-state index in [0.717, 1.165) is 5.75 Å². The number of ether oxygens (including phenoxy) is 2. The number of hydrogen-bond acceptors (Lipinski definition) is 3. The summed E-state index contributed by atoms with van der Waals surface area (Å²) >= 11 is 5.82. The maximum Gasteiger partial charge on any atom is 0.251 e. The molecule has 1 aliphatic heterocycles. The Morgan fingerprint density at radius 1 is 1.18 bits per heavy atom. The summed E-state index contributed by atoms with van der Waals surface area (Å²) < 4.78 is 11.6. The summed E-state index contributed by atoms with van der Waals surface area (Å²) in [6, 6.07) is 14.1. The van der Waals surface area contributed by atoms with Crippen LogP contribution in [0.2, 0.25) is 5.02 Å². The Labute approximate surface area is 134 Å². The summed E-state index contributed by atoms with van der Waals surface area (Å²) in [6.07, 6.45) is -0.230. The summed E-state index contributed by atoms with van der Waals surface area (Å²) in [5, 5.41) is 3.53. The predicted molar refractivity (Wildman–Crippen MR) is 84.7 cm³/mol. The second-order valence-electron chi connectivity index (χ2n) is 5.18. The smallest absolute Gasteiger partial charge is 0.251 e. The van der Waals surface area contributed by atoms with Gasteiger partial charge in [0.15, 0.2) is 17.6 Å². The topological polar surface area (TPSA) is 47.6 Å². The van der Waals surface area contributed by atoms with Crippen molar-refractivity contribution in [2.75, 3.05) is 6.61 Å². The van der Waals surface area contributed by atoms with Crippen LogP contribution in [-0.4, -0.2) is 24.7 Å². The number of benzene rings is 2. The molecule has 1 aliphatic rings. The van der Waals surface area contributed by atoms with E-state index in [1.165, 1.54) is 0 Å². The summed E-state index contributed by atoms with van der Waals surface area (Å²) in [7, 11) is 0. The van der Waals surface area contributed by atoms with E-state index in [0.29, 0.717) is 22.9 Å². The van der Waals surface area contributed by atoms with Crippen LogP contribution in [-0.2, 0) is 0 Å². The molecule has 2 aromatic rings. The molecule has 4 nitrogen and oxygen atoms in total. The van der Waals surface area contributed by atoms with Crippen molar-refractivity contribution in [1.29, 1.82) is 0 Å². The lowest BCUT2D eigenvalue weighted by Crippen LogP contribution is -2.48. The third kappa shape index (κ3) is 3.17. The monoisotopic (exact) mass is 317 g/mol. The van der Waals surface area contributed by atoms with Crippen molar-refractivity contribution >= 4 is 17.5 Å². The fourth-order valence-corrected chi connectivity index (χ4v) is 2.39. The van der Waals surface area contributed by atoms with Gasteiger partial charge in [-0.05, 0) is 43.3 Å². The molecular formula is C17H16ClNO3. The predicted octanol–water partition coefficient (Wildman–Crippen LogP) is 3.30. The molecule has 0 unspecified atom stereocenters. The first-order chi connectivity index (χ1) is 10.6. The molecule has 0 spiro atoms. The molecule has 5 heteroatoms. The number of carbonyl (C=O) groups excluding carboxylic acids is 1. The Balaban J connectivity index is 1.64. The molecule has 2 aromatic carbocycles. The van der Waals surface area contributed by atoms with Crippen LogP contribution in [0.4, 0.5) is 0 Å². The SMILES string of the molecule is C[C@@H](NC(=O)c1ccc(Cl)cc1)[C@H]1COc2ccccc2O1. The van der Waals surface area contributed by atoms with Gasteiger partial charge in [0.05, 0.1) is 6.04 Å². The van der Waals surface area contributed by atoms with Gasteiger partial charge in [-0.2, -0.15) is 0 Å². The molecule has 0 bridgehead atoms. The Bertz CT molecular complexity index is 672. The van der Waals surface area contributed by atoms with Crippen molar-refractivity contribution in [3.8, 4) is 11.5 Å². The molecule has 3 rings (SSSR count). The van der Waals surface area contributed by atoms with Crippen LogP contribution >= 0.6 is 11.6 Å². The van der Waals surface area contributed by atoms with Crippen molar-refractivity contribution in [1.82, 2.24) is 5.32 Å². The molecule has 0 saturated carbocycles. The fourth-order valence-electron chi connectivity index (χ4n) is 2.27. The van der Waals surface area contributed by atoms with Crippen LogP contribution in [0.15, 0.2) is 48.5 Å². The molecule has 1 N–H and O–H groups in total. The maximum atomic E-state index is 12.2. The van der Waals surface area contributed by atoms with E-state index in [1.807, 2.05) is 31.2 Å². The van der Waals surface area contributed by atoms with Crippen LogP contribution in [0.25, 0.3) is 0 Å². The number of hydrogen-bond donors (Lipinski definition) is 1. The first-order valence-corrected chi connectivity index (χ1v) is 7.46. The average molecular weight is 318 g/mol. The van der Waals surface area contributed by atoms with Gasteiger partial charge in [-0.15, -0.1) is 0 Å². The number of carbonyl (C=O) groups is 1. The summed E-state index contributed by atoms with van der Waals surface area (Å²) in [5.41, 5.74) is 0.563. The Morgan fingerprint density at radius 2 is 1.86 bits per heavy atom. The third-order valence-electron chi connectivity index (χ3n) is 3.55. The van der Waals surface area contributed by atoms with Gasteiger partial charge in [-0.1, -0.05) is 23.7 Å². The number of nitrogens with one attached hydrogen (secondary N) is 1. The number of amides is 1. The lowest BCUT2D eigenvalue weighted by atomic mass is 10.1. The molecule has 0 fully saturated rings. The zero-order chi connectivity index (χ0) is 15.5. The van der Waals surface area contributed by atoms with E-state index in [4.69, 9.17) is 21.1 Å². The van der Waals surface area contributed by atoms with Gasteiger partial charge in [0.2, 0.25) is 0 Å². The lowest BCUT2D eigenvalue weighted by Gasteiger charge is -2.30. The number of halogens is 1. The molecular weight excluding hydrogens is 302 g/mol. The molecule has 22 heavy (non-hydrogen) atoms. The minimum absolute atomic E-state index is 0.161. The van der Waals surface area contributed by atoms with Crippen molar-refractivity contribution in [2.45, 2.75) is 19.1 Å². The van der Waals surface area contributed by atoms with Crippen LogP contribution in [0.5, 0.6) is 11.5 Å². The highest BCUT2D eigenvalue weighted by Gasteiger charge is 2.27. The number of rotatable bonds is 3. The van der Waals surface area contributed by atoms with Gasteiger partial charge in [0.1, 0.15) is 6.61 Å². The van der Waals surface area contributed by atoms with Crippen LogP contribution in [0, 0.1) is 0 Å². The van der Waals surface area contributed by atoms with Crippen molar-refractivity contribution in [3.63, 3.8) is 0 Å². The van der Waals surface area contributed by atoms with Crippen LogP contribution in [0.1, 0.15) is 17.3 Å². The van der Waals surface area contributed by atoms with E-state index in [-0.39, 0.29) is 18.1 Å². The standard InChI is InChI=1S/C17H16ClNO3/c1-11(19-17(20)12-6-8-13(18)9-7-12)16-10-21-14-4-2-3-5-15(14)22-16/h2-9,11,16H,10H2,1H3,(H,19,20)/t11-,16-/m1/s1. The minimum atomic E-state index is -0.230. The summed E-state index contributed by atoms with van der Waals surface area (Å²) in [4.78, 5) is 12.2. The average Bonchev–Trinajstić information content (AvgIpc) is 2.55. The fraction of sp³-hybridized carbons (Fsp3) is 0.235. The highest BCUT2D eigenvalue weighted by atomic mass is 35.5. The van der Waals surface area contributed by atoms with E-state index >= 15 is 0 Å². The van der Waals surface area contributed by atoms with Crippen molar-refractivity contribution < 1.29 is 14.3 Å². The van der Waals surface area contributed by atoms with E-state index in [9.17, 15) is 4.79 Å². The number of para-hydroxylation sites is 2. The highest BCUT2D eigenvalue weighted by Crippen LogP contribution is 2.31. The molecule has 0 radical (unpaired) electrons. The summed E-state index contributed by atoms with van der Waals surface area (Å²) in [6.45, 7) is 2.30. The quantitative estimate of drug-likeness (QED) is 0.945. The second-order valence-corrected chi connectivity index (χ2v) is 5.62. The van der Waals surface area contributed by atoms with Gasteiger partial charge in [-0.25, -0.2) is 0 Å². The Morgan fingerprint density at radius 3 is 2.59 bits per heavy atom. The molecule has 114 valence electrons. The largest absolute Gasteiger partial charge is 0.486 e. The molecule has 2 atom stereocenters. The zero-order valence-corrected chi connectivity index (χ0v) is 12.8. The zero-order valence-electron chi connectivity index (χ0n) is 12.1. The van der Waals surface area contributed by atoms with E-state index in [1.54, 1.807) is 24.3 Å². The Kier molecular flexibility index (Phi) is 4.20.